The maximum Gasteiger partial charge on any atom is 0.231 e. The number of aromatic nitrogens is 3. The van der Waals surface area contributed by atoms with Gasteiger partial charge < -0.3 is 15.4 Å². The molecular weight excluding hydrogens is 364 g/mol. The molecule has 0 saturated heterocycles. The predicted molar refractivity (Wildman–Crippen MR) is 107 cm³/mol. The molecule has 3 N–H and O–H groups in total. The third kappa shape index (κ3) is 4.68. The van der Waals surface area contributed by atoms with Gasteiger partial charge in [-0.15, -0.1) is 0 Å². The highest BCUT2D eigenvalue weighted by molar-refractivity contribution is 6.32. The van der Waals surface area contributed by atoms with E-state index in [0.717, 1.165) is 11.3 Å². The van der Waals surface area contributed by atoms with Gasteiger partial charge in [0.15, 0.2) is 5.82 Å². The zero-order valence-corrected chi connectivity index (χ0v) is 15.8. The fourth-order valence-corrected chi connectivity index (χ4v) is 2.69. The monoisotopic (exact) mass is 382 g/mol. The molecule has 7 nitrogen and oxygen atoms in total. The van der Waals surface area contributed by atoms with Crippen molar-refractivity contribution < 1.29 is 4.74 Å². The van der Waals surface area contributed by atoms with Crippen LogP contribution in [-0.4, -0.2) is 28.3 Å². The van der Waals surface area contributed by atoms with E-state index in [2.05, 4.69) is 30.7 Å². The van der Waals surface area contributed by atoms with Crippen LogP contribution in [0.2, 0.25) is 5.02 Å². The first-order valence-electron chi connectivity index (χ1n) is 8.36. The number of hydrogen-bond acceptors (Lipinski definition) is 5. The molecule has 2 heterocycles. The van der Waals surface area contributed by atoms with Gasteiger partial charge in [-0.1, -0.05) is 23.7 Å². The third-order valence-electron chi connectivity index (χ3n) is 3.75. The second-order valence-electron chi connectivity index (χ2n) is 5.90. The Morgan fingerprint density at radius 3 is 2.74 bits per heavy atom. The summed E-state index contributed by atoms with van der Waals surface area (Å²) in [5, 5.41) is 13.9. The van der Waals surface area contributed by atoms with Crippen LogP contribution in [0.4, 0.5) is 23.1 Å². The van der Waals surface area contributed by atoms with Crippen molar-refractivity contribution in [2.75, 3.05) is 23.8 Å². The number of benzene rings is 1. The summed E-state index contributed by atoms with van der Waals surface area (Å²) in [6.45, 7) is 12.1. The number of aryl methyl sites for hydroxylation is 2. The van der Waals surface area contributed by atoms with Crippen LogP contribution in [0, 0.1) is 20.4 Å². The SMILES string of the molecule is [C-]#[N+]c1c(C)cc(Nc2cc(C)[nH]n2)nc1NCCOc1ccccc1Cl. The molecule has 3 rings (SSSR count). The second kappa shape index (κ2) is 8.43. The van der Waals surface area contributed by atoms with Gasteiger partial charge in [0, 0.05) is 18.3 Å². The van der Waals surface area contributed by atoms with Crippen LogP contribution in [0.1, 0.15) is 11.3 Å². The molecule has 0 radical (unpaired) electrons. The minimum atomic E-state index is 0.387. The van der Waals surface area contributed by atoms with Gasteiger partial charge in [0.1, 0.15) is 24.0 Å². The molecule has 0 aliphatic heterocycles. The Bertz CT molecular complexity index is 979. The van der Waals surface area contributed by atoms with Crippen molar-refractivity contribution in [3.63, 3.8) is 0 Å². The predicted octanol–water partition coefficient (Wildman–Crippen LogP) is 4.86. The molecule has 0 atom stereocenters. The Kier molecular flexibility index (Phi) is 5.79. The Balaban J connectivity index is 1.68. The molecule has 2 aromatic heterocycles. The van der Waals surface area contributed by atoms with E-state index in [4.69, 9.17) is 22.9 Å². The Labute approximate surface area is 162 Å². The number of rotatable bonds is 7. The highest BCUT2D eigenvalue weighted by Gasteiger charge is 2.11. The lowest BCUT2D eigenvalue weighted by Gasteiger charge is -2.13. The van der Waals surface area contributed by atoms with Gasteiger partial charge in [-0.05, 0) is 37.6 Å². The normalized spacial score (nSPS) is 10.3. The first kappa shape index (κ1) is 18.5. The van der Waals surface area contributed by atoms with Gasteiger partial charge in [-0.2, -0.15) is 5.10 Å². The van der Waals surface area contributed by atoms with Crippen molar-refractivity contribution in [3.8, 4) is 5.75 Å². The Morgan fingerprint density at radius 1 is 1.22 bits per heavy atom. The number of pyridine rings is 1. The van der Waals surface area contributed by atoms with E-state index in [9.17, 15) is 0 Å². The number of nitrogens with one attached hydrogen (secondary N) is 3. The largest absolute Gasteiger partial charge is 0.490 e. The summed E-state index contributed by atoms with van der Waals surface area (Å²) in [5.41, 5.74) is 2.25. The number of nitrogens with zero attached hydrogens (tertiary/aromatic N) is 3. The number of ether oxygens (including phenoxy) is 1. The molecule has 0 bridgehead atoms. The van der Waals surface area contributed by atoms with Crippen LogP contribution in [0.5, 0.6) is 5.75 Å². The van der Waals surface area contributed by atoms with Crippen molar-refractivity contribution in [2.24, 2.45) is 0 Å². The van der Waals surface area contributed by atoms with Gasteiger partial charge >= 0.3 is 0 Å². The van der Waals surface area contributed by atoms with Crippen LogP contribution >= 0.6 is 11.6 Å². The van der Waals surface area contributed by atoms with Gasteiger partial charge in [0.25, 0.3) is 0 Å². The van der Waals surface area contributed by atoms with Crippen LogP contribution in [0.15, 0.2) is 36.4 Å². The number of aromatic amines is 1. The molecule has 0 aliphatic carbocycles. The van der Waals surface area contributed by atoms with Gasteiger partial charge in [-0.3, -0.25) is 5.10 Å². The quantitative estimate of drug-likeness (QED) is 0.401. The van der Waals surface area contributed by atoms with Crippen molar-refractivity contribution in [1.29, 1.82) is 0 Å². The number of hydrogen-bond donors (Lipinski definition) is 3. The lowest BCUT2D eigenvalue weighted by molar-refractivity contribution is 0.333. The zero-order valence-electron chi connectivity index (χ0n) is 15.0. The van der Waals surface area contributed by atoms with E-state index >= 15 is 0 Å². The zero-order chi connectivity index (χ0) is 19.2. The smallest absolute Gasteiger partial charge is 0.231 e. The van der Waals surface area contributed by atoms with E-state index in [1.807, 2.05) is 44.2 Å². The molecule has 0 spiro atoms. The number of halogens is 1. The van der Waals surface area contributed by atoms with Crippen LogP contribution < -0.4 is 15.4 Å². The van der Waals surface area contributed by atoms with Crippen LogP contribution in [-0.2, 0) is 0 Å². The lowest BCUT2D eigenvalue weighted by atomic mass is 10.2. The van der Waals surface area contributed by atoms with Crippen LogP contribution in [0.3, 0.4) is 0 Å². The molecule has 3 aromatic rings. The fraction of sp³-hybridized carbons (Fsp3) is 0.211. The van der Waals surface area contributed by atoms with E-state index in [0.29, 0.717) is 47.1 Å². The first-order chi connectivity index (χ1) is 13.1. The molecule has 0 saturated carbocycles. The van der Waals surface area contributed by atoms with Crippen molar-refractivity contribution >= 4 is 34.7 Å². The summed E-state index contributed by atoms with van der Waals surface area (Å²) in [4.78, 5) is 8.09. The summed E-state index contributed by atoms with van der Waals surface area (Å²) < 4.78 is 5.66. The summed E-state index contributed by atoms with van der Waals surface area (Å²) in [6, 6.07) is 11.0. The van der Waals surface area contributed by atoms with Gasteiger partial charge in [0.05, 0.1) is 11.6 Å². The van der Waals surface area contributed by atoms with E-state index in [1.54, 1.807) is 6.07 Å². The number of anilines is 3. The summed E-state index contributed by atoms with van der Waals surface area (Å²) in [7, 11) is 0. The maximum absolute atomic E-state index is 7.42. The average molecular weight is 383 g/mol. The van der Waals surface area contributed by atoms with Crippen molar-refractivity contribution in [3.05, 3.63) is 64.1 Å². The number of para-hydroxylation sites is 1. The summed E-state index contributed by atoms with van der Waals surface area (Å²) in [6.07, 6.45) is 0. The first-order valence-corrected chi connectivity index (χ1v) is 8.74. The van der Waals surface area contributed by atoms with E-state index < -0.39 is 0 Å². The fourth-order valence-electron chi connectivity index (χ4n) is 2.50. The summed E-state index contributed by atoms with van der Waals surface area (Å²) >= 11 is 6.07. The van der Waals surface area contributed by atoms with Crippen LogP contribution in [0.25, 0.3) is 4.85 Å². The second-order valence-corrected chi connectivity index (χ2v) is 6.31. The minimum Gasteiger partial charge on any atom is -0.490 e. The molecule has 0 unspecified atom stereocenters. The Hall–Kier alpha value is -3.24. The minimum absolute atomic E-state index is 0.387. The highest BCUT2D eigenvalue weighted by atomic mass is 35.5. The lowest BCUT2D eigenvalue weighted by Crippen LogP contribution is -2.13. The molecule has 27 heavy (non-hydrogen) atoms. The molecule has 0 aliphatic rings. The van der Waals surface area contributed by atoms with E-state index in [1.165, 1.54) is 0 Å². The highest BCUT2D eigenvalue weighted by Crippen LogP contribution is 2.30. The molecule has 8 heteroatoms. The van der Waals surface area contributed by atoms with Gasteiger partial charge in [0.2, 0.25) is 5.69 Å². The topological polar surface area (TPSA) is 79.2 Å². The third-order valence-corrected chi connectivity index (χ3v) is 4.06. The van der Waals surface area contributed by atoms with Crippen molar-refractivity contribution in [1.82, 2.24) is 15.2 Å². The van der Waals surface area contributed by atoms with E-state index in [-0.39, 0.29) is 0 Å². The maximum atomic E-state index is 7.42. The number of H-pyrrole nitrogens is 1. The molecule has 1 aromatic carbocycles. The molecule has 0 amide bonds. The Morgan fingerprint density at radius 2 is 2.04 bits per heavy atom. The standard InChI is InChI=1S/C19H19ClN6O/c1-12-10-16(23-17-11-13(2)25-26-17)24-19(18(12)21-3)22-8-9-27-15-7-5-4-6-14(15)20/h4-7,10-11H,8-9H2,1-2H3,(H3,22,23,24,25,26). The molecular formula is C19H19ClN6O. The van der Waals surface area contributed by atoms with Gasteiger partial charge in [-0.25, -0.2) is 9.83 Å². The molecule has 0 fully saturated rings. The summed E-state index contributed by atoms with van der Waals surface area (Å²) in [5.74, 6) is 2.41. The molecule has 138 valence electrons. The average Bonchev–Trinajstić information content (AvgIpc) is 3.04. The van der Waals surface area contributed by atoms with Crippen molar-refractivity contribution in [2.45, 2.75) is 13.8 Å².